The standard InChI is InChI=1S/C17H18N4/c1-6-16-11(2)12(3)17(21-16)10-20-15-8-13(18-4)7-14(9-15)19-5/h6-10,21H,1,4-5H2,2-3H3. The predicted octanol–water partition coefficient (Wildman–Crippen LogP) is 4.69. The van der Waals surface area contributed by atoms with Crippen molar-refractivity contribution in [3.05, 3.63) is 47.3 Å². The van der Waals surface area contributed by atoms with Gasteiger partial charge in [-0.25, -0.2) is 0 Å². The summed E-state index contributed by atoms with van der Waals surface area (Å²) in [6.07, 6.45) is 3.60. The molecule has 2 aromatic rings. The fourth-order valence-electron chi connectivity index (χ4n) is 2.05. The number of hydrogen-bond acceptors (Lipinski definition) is 3. The van der Waals surface area contributed by atoms with Crippen LogP contribution in [0.2, 0.25) is 0 Å². The van der Waals surface area contributed by atoms with Crippen molar-refractivity contribution >= 4 is 42.8 Å². The predicted molar refractivity (Wildman–Crippen MR) is 92.5 cm³/mol. The Balaban J connectivity index is 2.39. The Morgan fingerprint density at radius 2 is 1.43 bits per heavy atom. The molecule has 0 aliphatic carbocycles. The van der Waals surface area contributed by atoms with Crippen LogP contribution >= 0.6 is 0 Å². The van der Waals surface area contributed by atoms with Gasteiger partial charge in [-0.1, -0.05) is 6.58 Å². The Bertz CT molecular complexity index is 709. The van der Waals surface area contributed by atoms with Gasteiger partial charge in [-0.3, -0.25) is 15.0 Å². The average molecular weight is 278 g/mol. The van der Waals surface area contributed by atoms with E-state index < -0.39 is 0 Å². The van der Waals surface area contributed by atoms with Crippen LogP contribution in [0.15, 0.2) is 39.8 Å². The largest absolute Gasteiger partial charge is 0.354 e. The van der Waals surface area contributed by atoms with Crippen LogP contribution in [0.3, 0.4) is 0 Å². The molecular weight excluding hydrogens is 260 g/mol. The smallest absolute Gasteiger partial charge is 0.0673 e. The zero-order valence-corrected chi connectivity index (χ0v) is 12.3. The summed E-state index contributed by atoms with van der Waals surface area (Å²) in [5, 5.41) is 0. The second-order valence-electron chi connectivity index (χ2n) is 4.69. The van der Waals surface area contributed by atoms with Gasteiger partial charge < -0.3 is 4.98 Å². The molecule has 0 aliphatic rings. The highest BCUT2D eigenvalue weighted by Gasteiger charge is 2.06. The fraction of sp³-hybridized carbons (Fsp3) is 0.118. The summed E-state index contributed by atoms with van der Waals surface area (Å²) in [5.41, 5.74) is 6.53. The molecule has 0 saturated heterocycles. The molecule has 1 aromatic carbocycles. The lowest BCUT2D eigenvalue weighted by atomic mass is 10.1. The van der Waals surface area contributed by atoms with Crippen molar-refractivity contribution in [2.75, 3.05) is 0 Å². The molecule has 2 rings (SSSR count). The summed E-state index contributed by atoms with van der Waals surface area (Å²) >= 11 is 0. The van der Waals surface area contributed by atoms with Crippen molar-refractivity contribution in [3.63, 3.8) is 0 Å². The topological polar surface area (TPSA) is 52.9 Å². The maximum absolute atomic E-state index is 4.48. The number of H-pyrrole nitrogens is 1. The van der Waals surface area contributed by atoms with E-state index in [4.69, 9.17) is 0 Å². The van der Waals surface area contributed by atoms with E-state index in [9.17, 15) is 0 Å². The van der Waals surface area contributed by atoms with E-state index in [1.165, 1.54) is 5.56 Å². The van der Waals surface area contributed by atoms with Crippen LogP contribution in [-0.4, -0.2) is 24.6 Å². The number of nitrogens with zero attached hydrogens (tertiary/aromatic N) is 3. The molecule has 0 aliphatic heterocycles. The summed E-state index contributed by atoms with van der Waals surface area (Å²) in [4.78, 5) is 15.6. The number of aromatic nitrogens is 1. The minimum atomic E-state index is 0.721. The van der Waals surface area contributed by atoms with Crippen LogP contribution in [0.5, 0.6) is 0 Å². The van der Waals surface area contributed by atoms with Gasteiger partial charge in [-0.2, -0.15) is 0 Å². The van der Waals surface area contributed by atoms with E-state index in [0.29, 0.717) is 0 Å². The van der Waals surface area contributed by atoms with Crippen molar-refractivity contribution in [2.24, 2.45) is 15.0 Å². The van der Waals surface area contributed by atoms with E-state index in [0.717, 1.165) is 34.0 Å². The molecule has 4 nitrogen and oxygen atoms in total. The van der Waals surface area contributed by atoms with Gasteiger partial charge in [0.2, 0.25) is 0 Å². The van der Waals surface area contributed by atoms with E-state index in [-0.39, 0.29) is 0 Å². The van der Waals surface area contributed by atoms with Crippen molar-refractivity contribution in [3.8, 4) is 0 Å². The van der Waals surface area contributed by atoms with Crippen LogP contribution in [0, 0.1) is 13.8 Å². The lowest BCUT2D eigenvalue weighted by Gasteiger charge is -1.99. The van der Waals surface area contributed by atoms with Crippen LogP contribution in [0.1, 0.15) is 22.5 Å². The normalized spacial score (nSPS) is 10.8. The van der Waals surface area contributed by atoms with Crippen LogP contribution < -0.4 is 0 Å². The monoisotopic (exact) mass is 278 g/mol. The lowest BCUT2D eigenvalue weighted by Crippen LogP contribution is -1.84. The van der Waals surface area contributed by atoms with Gasteiger partial charge in [0, 0.05) is 5.69 Å². The van der Waals surface area contributed by atoms with E-state index in [2.05, 4.69) is 53.8 Å². The zero-order valence-electron chi connectivity index (χ0n) is 12.3. The third kappa shape index (κ3) is 3.05. The second-order valence-corrected chi connectivity index (χ2v) is 4.69. The lowest BCUT2D eigenvalue weighted by molar-refractivity contribution is 1.32. The molecule has 0 unspecified atom stereocenters. The number of aromatic amines is 1. The Labute approximate surface area is 124 Å². The van der Waals surface area contributed by atoms with E-state index in [1.54, 1.807) is 12.3 Å². The fourth-order valence-corrected chi connectivity index (χ4v) is 2.05. The molecule has 0 amide bonds. The summed E-state index contributed by atoms with van der Waals surface area (Å²) < 4.78 is 0. The summed E-state index contributed by atoms with van der Waals surface area (Å²) in [6, 6.07) is 5.49. The quantitative estimate of drug-likeness (QED) is 0.771. The molecule has 0 fully saturated rings. The highest BCUT2D eigenvalue weighted by atomic mass is 14.8. The average Bonchev–Trinajstić information content (AvgIpc) is 2.80. The number of nitrogens with one attached hydrogen (secondary N) is 1. The number of hydrogen-bond donors (Lipinski definition) is 1. The third-order valence-corrected chi connectivity index (χ3v) is 3.44. The molecule has 1 heterocycles. The Kier molecular flexibility index (Phi) is 4.28. The summed E-state index contributed by atoms with van der Waals surface area (Å²) in [6.45, 7) is 15.0. The molecule has 1 aromatic heterocycles. The third-order valence-electron chi connectivity index (χ3n) is 3.44. The minimum absolute atomic E-state index is 0.721. The molecule has 0 saturated carbocycles. The van der Waals surface area contributed by atoms with E-state index in [1.807, 2.05) is 18.2 Å². The Morgan fingerprint density at radius 1 is 0.905 bits per heavy atom. The molecule has 0 atom stereocenters. The van der Waals surface area contributed by atoms with Gasteiger partial charge in [-0.05, 0) is 62.7 Å². The van der Waals surface area contributed by atoms with Crippen molar-refractivity contribution in [1.82, 2.24) is 4.98 Å². The molecule has 0 bridgehead atoms. The van der Waals surface area contributed by atoms with Crippen LogP contribution in [0.4, 0.5) is 17.1 Å². The second kappa shape index (κ2) is 6.13. The summed E-state index contributed by atoms with van der Waals surface area (Å²) in [7, 11) is 0. The minimum Gasteiger partial charge on any atom is -0.354 e. The maximum Gasteiger partial charge on any atom is 0.0673 e. The van der Waals surface area contributed by atoms with Gasteiger partial charge in [0.15, 0.2) is 0 Å². The highest BCUT2D eigenvalue weighted by Crippen LogP contribution is 2.28. The molecule has 106 valence electrons. The Morgan fingerprint density at radius 3 is 1.90 bits per heavy atom. The molecule has 21 heavy (non-hydrogen) atoms. The summed E-state index contributed by atoms with van der Waals surface area (Å²) in [5.74, 6) is 0. The number of aliphatic imine (C=N–C) groups is 3. The SMILES string of the molecule is C=Cc1[nH]c(C=Nc2cc(N=C)cc(N=C)c2)c(C)c1C. The van der Waals surface area contributed by atoms with Crippen molar-refractivity contribution < 1.29 is 0 Å². The van der Waals surface area contributed by atoms with Crippen molar-refractivity contribution in [1.29, 1.82) is 0 Å². The van der Waals surface area contributed by atoms with Crippen LogP contribution in [0.25, 0.3) is 6.08 Å². The van der Waals surface area contributed by atoms with Crippen molar-refractivity contribution in [2.45, 2.75) is 13.8 Å². The number of benzene rings is 1. The molecular formula is C17H18N4. The highest BCUT2D eigenvalue weighted by molar-refractivity contribution is 5.84. The first-order chi connectivity index (χ1) is 10.1. The Hall–Kier alpha value is -2.75. The molecule has 0 radical (unpaired) electrons. The van der Waals surface area contributed by atoms with Gasteiger partial charge in [-0.15, -0.1) is 0 Å². The van der Waals surface area contributed by atoms with E-state index >= 15 is 0 Å². The zero-order chi connectivity index (χ0) is 15.4. The van der Waals surface area contributed by atoms with Gasteiger partial charge in [0.05, 0.1) is 29.0 Å². The molecule has 0 spiro atoms. The van der Waals surface area contributed by atoms with Crippen LogP contribution in [-0.2, 0) is 0 Å². The van der Waals surface area contributed by atoms with Gasteiger partial charge >= 0.3 is 0 Å². The maximum atomic E-state index is 4.48. The first kappa shape index (κ1) is 14.7. The first-order valence-electron chi connectivity index (χ1n) is 6.53. The van der Waals surface area contributed by atoms with Gasteiger partial charge in [0.1, 0.15) is 0 Å². The molecule has 4 heteroatoms. The number of rotatable bonds is 5. The van der Waals surface area contributed by atoms with Gasteiger partial charge in [0.25, 0.3) is 0 Å². The first-order valence-corrected chi connectivity index (χ1v) is 6.53. The molecule has 1 N–H and O–H groups in total.